The van der Waals surface area contributed by atoms with E-state index >= 15 is 0 Å². The normalized spacial score (nSPS) is 18.1. The van der Waals surface area contributed by atoms with E-state index in [2.05, 4.69) is 4.74 Å². The number of hydrogen-bond acceptors (Lipinski definition) is 3. The summed E-state index contributed by atoms with van der Waals surface area (Å²) in [5, 5.41) is 9.36. The highest BCUT2D eigenvalue weighted by atomic mass is 19.4. The number of alkyl halides is 3. The van der Waals surface area contributed by atoms with Gasteiger partial charge in [-0.3, -0.25) is 4.79 Å². The van der Waals surface area contributed by atoms with E-state index in [9.17, 15) is 23.1 Å². The smallest absolute Gasteiger partial charge is 0.512 e. The lowest BCUT2D eigenvalue weighted by molar-refractivity contribution is -0.274. The van der Waals surface area contributed by atoms with Crippen LogP contribution in [0.3, 0.4) is 0 Å². The fourth-order valence-electron chi connectivity index (χ4n) is 2.15. The first-order valence-electron chi connectivity index (χ1n) is 6.29. The molecule has 7 heteroatoms. The highest BCUT2D eigenvalue weighted by molar-refractivity contribution is 5.95. The van der Waals surface area contributed by atoms with E-state index < -0.39 is 6.36 Å². The van der Waals surface area contributed by atoms with Gasteiger partial charge in [-0.25, -0.2) is 0 Å². The Morgan fingerprint density at radius 1 is 1.33 bits per heavy atom. The summed E-state index contributed by atoms with van der Waals surface area (Å²) in [5.74, 6) is -0.534. The number of hydrogen-bond donors (Lipinski definition) is 1. The number of ether oxygens (including phenoxy) is 1. The molecule has 0 aliphatic carbocycles. The fourth-order valence-corrected chi connectivity index (χ4v) is 2.15. The average molecular weight is 301 g/mol. The number of aliphatic hydroxyl groups excluding tert-OH is 1. The van der Waals surface area contributed by atoms with Crippen LogP contribution in [0.2, 0.25) is 0 Å². The van der Waals surface area contributed by atoms with E-state index in [-0.39, 0.29) is 24.0 Å². The number of rotatable bonds is 3. The number of carbonyl (C=O) groups is 1. The summed E-state index contributed by atoms with van der Waals surface area (Å²) in [6.07, 6.45) is -4.25. The van der Waals surface area contributed by atoms with Crippen molar-refractivity contribution in [2.24, 2.45) is 0 Å². The molecule has 0 bridgehead atoms. The van der Waals surface area contributed by atoms with Gasteiger partial charge >= 0.3 is 6.36 Å². The van der Waals surface area contributed by atoms with Crippen LogP contribution in [-0.4, -0.2) is 28.8 Å². The van der Waals surface area contributed by atoms with Crippen molar-refractivity contribution in [3.05, 3.63) is 41.2 Å². The Labute approximate surface area is 119 Å². The minimum absolute atomic E-state index is 0.0106. The van der Waals surface area contributed by atoms with Gasteiger partial charge in [0.25, 0.3) is 5.91 Å². The Bertz CT molecular complexity index is 560. The van der Waals surface area contributed by atoms with Gasteiger partial charge in [0.2, 0.25) is 0 Å². The molecule has 1 amide bonds. The maximum absolute atomic E-state index is 12.0. The summed E-state index contributed by atoms with van der Waals surface area (Å²) in [7, 11) is 0. The van der Waals surface area contributed by atoms with E-state index in [1.165, 1.54) is 36.1 Å². The summed E-state index contributed by atoms with van der Waals surface area (Å²) in [5.41, 5.74) is 1.07. The SMILES string of the molecule is C/C(O)=C1\CCN(Cc2ccc(OC(F)(F)F)cc2)C1=O. The Morgan fingerprint density at radius 2 is 1.95 bits per heavy atom. The first-order valence-corrected chi connectivity index (χ1v) is 6.29. The van der Waals surface area contributed by atoms with Crippen LogP contribution in [-0.2, 0) is 11.3 Å². The highest BCUT2D eigenvalue weighted by Gasteiger charge is 2.31. The van der Waals surface area contributed by atoms with Crippen molar-refractivity contribution in [1.82, 2.24) is 4.90 Å². The fraction of sp³-hybridized carbons (Fsp3) is 0.357. The van der Waals surface area contributed by atoms with E-state index in [4.69, 9.17) is 0 Å². The number of allylic oxidation sites excluding steroid dienone is 1. The largest absolute Gasteiger partial charge is 0.573 e. The van der Waals surface area contributed by atoms with Crippen molar-refractivity contribution < 1.29 is 27.8 Å². The number of nitrogens with zero attached hydrogens (tertiary/aromatic N) is 1. The summed E-state index contributed by atoms with van der Waals surface area (Å²) in [6.45, 7) is 2.22. The molecule has 0 atom stereocenters. The zero-order valence-corrected chi connectivity index (χ0v) is 11.3. The molecule has 1 saturated heterocycles. The number of amides is 1. The molecule has 1 N–H and O–H groups in total. The van der Waals surface area contributed by atoms with Crippen LogP contribution in [0.4, 0.5) is 13.2 Å². The third-order valence-corrected chi connectivity index (χ3v) is 3.14. The van der Waals surface area contributed by atoms with Gasteiger partial charge in [0.05, 0.1) is 11.3 Å². The van der Waals surface area contributed by atoms with Gasteiger partial charge in [0.15, 0.2) is 0 Å². The first-order chi connectivity index (χ1) is 9.76. The van der Waals surface area contributed by atoms with Crippen LogP contribution in [0.25, 0.3) is 0 Å². The second-order valence-electron chi connectivity index (χ2n) is 4.73. The Balaban J connectivity index is 2.02. The highest BCUT2D eigenvalue weighted by Crippen LogP contribution is 2.25. The third-order valence-electron chi connectivity index (χ3n) is 3.14. The van der Waals surface area contributed by atoms with Crippen LogP contribution < -0.4 is 4.74 Å². The minimum Gasteiger partial charge on any atom is -0.512 e. The molecule has 1 fully saturated rings. The lowest BCUT2D eigenvalue weighted by atomic mass is 10.2. The first kappa shape index (κ1) is 15.2. The molecule has 2 rings (SSSR count). The van der Waals surface area contributed by atoms with Crippen molar-refractivity contribution in [3.8, 4) is 5.75 Å². The lowest BCUT2D eigenvalue weighted by Gasteiger charge is -2.16. The van der Waals surface area contributed by atoms with E-state index in [0.29, 0.717) is 24.1 Å². The molecule has 1 aromatic rings. The van der Waals surface area contributed by atoms with E-state index in [1.54, 1.807) is 0 Å². The van der Waals surface area contributed by atoms with Crippen molar-refractivity contribution in [2.75, 3.05) is 6.54 Å². The molecule has 4 nitrogen and oxygen atoms in total. The van der Waals surface area contributed by atoms with Gasteiger partial charge in [-0.05, 0) is 31.0 Å². The maximum Gasteiger partial charge on any atom is 0.573 e. The van der Waals surface area contributed by atoms with Crippen LogP contribution >= 0.6 is 0 Å². The van der Waals surface area contributed by atoms with Crippen LogP contribution in [0.15, 0.2) is 35.6 Å². The predicted octanol–water partition coefficient (Wildman–Crippen LogP) is 3.15. The molecule has 0 radical (unpaired) electrons. The summed E-state index contributed by atoms with van der Waals surface area (Å²) >= 11 is 0. The Hall–Kier alpha value is -2.18. The Morgan fingerprint density at radius 3 is 2.43 bits per heavy atom. The summed E-state index contributed by atoms with van der Waals surface area (Å²) < 4.78 is 39.9. The van der Waals surface area contributed by atoms with Crippen molar-refractivity contribution in [3.63, 3.8) is 0 Å². The maximum atomic E-state index is 12.0. The standard InChI is InChI=1S/C14H14F3NO3/c1-9(19)12-6-7-18(13(12)20)8-10-2-4-11(5-3-10)21-14(15,16)17/h2-5,19H,6-8H2,1H3/b12-9-. The van der Waals surface area contributed by atoms with Gasteiger partial charge in [-0.1, -0.05) is 12.1 Å². The molecule has 21 heavy (non-hydrogen) atoms. The molecule has 0 saturated carbocycles. The molecule has 1 aliphatic heterocycles. The third kappa shape index (κ3) is 3.90. The van der Waals surface area contributed by atoms with Crippen LogP contribution in [0.5, 0.6) is 5.75 Å². The summed E-state index contributed by atoms with van der Waals surface area (Å²) in [4.78, 5) is 13.5. The summed E-state index contributed by atoms with van der Waals surface area (Å²) in [6, 6.07) is 5.36. The molecule has 114 valence electrons. The molecule has 0 unspecified atom stereocenters. The van der Waals surface area contributed by atoms with Crippen molar-refractivity contribution in [2.45, 2.75) is 26.3 Å². The van der Waals surface area contributed by atoms with E-state index in [1.807, 2.05) is 0 Å². The van der Waals surface area contributed by atoms with Gasteiger partial charge in [-0.15, -0.1) is 13.2 Å². The molecule has 0 spiro atoms. The number of benzene rings is 1. The van der Waals surface area contributed by atoms with Gasteiger partial charge < -0.3 is 14.7 Å². The zero-order chi connectivity index (χ0) is 15.6. The second-order valence-corrected chi connectivity index (χ2v) is 4.73. The molecule has 0 aromatic heterocycles. The Kier molecular flexibility index (Phi) is 4.11. The van der Waals surface area contributed by atoms with Crippen molar-refractivity contribution >= 4 is 5.91 Å². The number of aliphatic hydroxyl groups is 1. The lowest BCUT2D eigenvalue weighted by Crippen LogP contribution is -2.24. The minimum atomic E-state index is -4.72. The molecular formula is C14H14F3NO3. The molecule has 1 aromatic carbocycles. The number of likely N-dealkylation sites (tertiary alicyclic amines) is 1. The second kappa shape index (κ2) is 5.67. The number of halogens is 3. The van der Waals surface area contributed by atoms with Crippen LogP contribution in [0.1, 0.15) is 18.9 Å². The molecular weight excluding hydrogens is 287 g/mol. The van der Waals surface area contributed by atoms with Gasteiger partial charge in [0, 0.05) is 13.1 Å². The quantitative estimate of drug-likeness (QED) is 0.689. The van der Waals surface area contributed by atoms with Gasteiger partial charge in [0.1, 0.15) is 5.75 Å². The molecule has 1 aliphatic rings. The number of carbonyl (C=O) groups excluding carboxylic acids is 1. The van der Waals surface area contributed by atoms with E-state index in [0.717, 1.165) is 0 Å². The monoisotopic (exact) mass is 301 g/mol. The van der Waals surface area contributed by atoms with Gasteiger partial charge in [-0.2, -0.15) is 0 Å². The predicted molar refractivity (Wildman–Crippen MR) is 68.5 cm³/mol. The average Bonchev–Trinajstić information content (AvgIpc) is 2.72. The van der Waals surface area contributed by atoms with Crippen molar-refractivity contribution in [1.29, 1.82) is 0 Å². The topological polar surface area (TPSA) is 49.8 Å². The van der Waals surface area contributed by atoms with Crippen LogP contribution in [0, 0.1) is 0 Å². The molecule has 1 heterocycles. The zero-order valence-electron chi connectivity index (χ0n) is 11.3.